The number of aryl methyl sites for hydroxylation is 1. The Kier molecular flexibility index (Phi) is 3.84. The Morgan fingerprint density at radius 3 is 2.71 bits per heavy atom. The zero-order chi connectivity index (χ0) is 12.4. The van der Waals surface area contributed by atoms with Gasteiger partial charge in [0.15, 0.2) is 5.82 Å². The lowest BCUT2D eigenvalue weighted by Crippen LogP contribution is -2.01. The number of halogens is 2. The van der Waals surface area contributed by atoms with Crippen LogP contribution >= 0.6 is 27.5 Å². The predicted octanol–water partition coefficient (Wildman–Crippen LogP) is 3.82. The summed E-state index contributed by atoms with van der Waals surface area (Å²) in [6.45, 7) is 4.91. The van der Waals surface area contributed by atoms with Gasteiger partial charge in [-0.2, -0.15) is 0 Å². The summed E-state index contributed by atoms with van der Waals surface area (Å²) in [7, 11) is 0. The van der Waals surface area contributed by atoms with Gasteiger partial charge in [0.25, 0.3) is 0 Å². The van der Waals surface area contributed by atoms with Crippen molar-refractivity contribution in [1.29, 1.82) is 0 Å². The average molecular weight is 315 g/mol. The lowest BCUT2D eigenvalue weighted by atomic mass is 10.1. The fourth-order valence-electron chi connectivity index (χ4n) is 1.71. The Balaban J connectivity index is 2.52. The molecule has 0 spiro atoms. The summed E-state index contributed by atoms with van der Waals surface area (Å²) in [6, 6.07) is 5.96. The van der Waals surface area contributed by atoms with Crippen molar-refractivity contribution in [2.45, 2.75) is 25.7 Å². The minimum absolute atomic E-state index is 0.702. The van der Waals surface area contributed by atoms with Crippen molar-refractivity contribution in [3.05, 3.63) is 34.6 Å². The molecule has 3 nitrogen and oxygen atoms in total. The average Bonchev–Trinajstić information content (AvgIpc) is 2.75. The van der Waals surface area contributed by atoms with Crippen molar-refractivity contribution in [3.8, 4) is 11.4 Å². The second kappa shape index (κ2) is 5.19. The van der Waals surface area contributed by atoms with Crippen LogP contribution in [0.1, 0.15) is 18.3 Å². The van der Waals surface area contributed by atoms with Gasteiger partial charge in [-0.05, 0) is 25.5 Å². The lowest BCUT2D eigenvalue weighted by molar-refractivity contribution is 0.733. The van der Waals surface area contributed by atoms with E-state index in [4.69, 9.17) is 11.6 Å². The van der Waals surface area contributed by atoms with Crippen LogP contribution in [0.5, 0.6) is 0 Å². The van der Waals surface area contributed by atoms with E-state index in [0.29, 0.717) is 5.33 Å². The van der Waals surface area contributed by atoms with E-state index in [1.165, 1.54) is 0 Å². The fourth-order valence-corrected chi connectivity index (χ4v) is 2.31. The van der Waals surface area contributed by atoms with Crippen LogP contribution in [-0.2, 0) is 11.9 Å². The summed E-state index contributed by atoms with van der Waals surface area (Å²) in [5.41, 5.74) is 2.07. The summed E-state index contributed by atoms with van der Waals surface area (Å²) in [5.74, 6) is 1.79. The second-order valence-electron chi connectivity index (χ2n) is 3.78. The van der Waals surface area contributed by atoms with E-state index < -0.39 is 0 Å². The summed E-state index contributed by atoms with van der Waals surface area (Å²) in [5, 5.41) is 9.84. The molecule has 0 saturated carbocycles. The Bertz CT molecular complexity index is 537. The molecular weight excluding hydrogens is 302 g/mol. The highest BCUT2D eigenvalue weighted by Crippen LogP contribution is 2.25. The molecule has 0 aliphatic heterocycles. The smallest absolute Gasteiger partial charge is 0.164 e. The van der Waals surface area contributed by atoms with Gasteiger partial charge in [-0.25, -0.2) is 0 Å². The van der Waals surface area contributed by atoms with E-state index in [0.717, 1.165) is 34.3 Å². The molecule has 0 amide bonds. The van der Waals surface area contributed by atoms with E-state index in [2.05, 4.69) is 37.6 Å². The Morgan fingerprint density at radius 1 is 1.35 bits per heavy atom. The van der Waals surface area contributed by atoms with Crippen LogP contribution in [0, 0.1) is 6.92 Å². The third-order valence-electron chi connectivity index (χ3n) is 2.69. The molecule has 0 N–H and O–H groups in total. The maximum absolute atomic E-state index is 6.13. The van der Waals surface area contributed by atoms with Crippen molar-refractivity contribution >= 4 is 27.5 Å². The zero-order valence-corrected chi connectivity index (χ0v) is 12.1. The predicted molar refractivity (Wildman–Crippen MR) is 73.5 cm³/mol. The van der Waals surface area contributed by atoms with Crippen molar-refractivity contribution in [2.24, 2.45) is 0 Å². The molecule has 2 aromatic rings. The number of hydrogen-bond donors (Lipinski definition) is 0. The molecule has 0 atom stereocenters. The zero-order valence-electron chi connectivity index (χ0n) is 9.74. The summed E-state index contributed by atoms with van der Waals surface area (Å²) in [6.07, 6.45) is 0. The first kappa shape index (κ1) is 12.6. The molecule has 90 valence electrons. The first-order valence-corrected chi connectivity index (χ1v) is 6.92. The van der Waals surface area contributed by atoms with Gasteiger partial charge in [-0.1, -0.05) is 39.7 Å². The van der Waals surface area contributed by atoms with Crippen molar-refractivity contribution in [1.82, 2.24) is 14.8 Å². The molecule has 1 aromatic heterocycles. The minimum atomic E-state index is 0.702. The summed E-state index contributed by atoms with van der Waals surface area (Å²) in [4.78, 5) is 0. The maximum atomic E-state index is 6.13. The third-order valence-corrected chi connectivity index (χ3v) is 3.60. The van der Waals surface area contributed by atoms with Gasteiger partial charge in [-0.3, -0.25) is 0 Å². The number of rotatable bonds is 3. The highest BCUT2D eigenvalue weighted by molar-refractivity contribution is 9.08. The van der Waals surface area contributed by atoms with Gasteiger partial charge < -0.3 is 4.57 Å². The lowest BCUT2D eigenvalue weighted by Gasteiger charge is -2.07. The van der Waals surface area contributed by atoms with Gasteiger partial charge in [0.1, 0.15) is 5.82 Å². The second-order valence-corrected chi connectivity index (χ2v) is 4.75. The summed E-state index contributed by atoms with van der Waals surface area (Å²) >= 11 is 9.54. The maximum Gasteiger partial charge on any atom is 0.164 e. The van der Waals surface area contributed by atoms with Crippen LogP contribution in [0.15, 0.2) is 18.2 Å². The standard InChI is InChI=1S/C12H13BrClN3/c1-3-17-11(7-13)15-16-12(17)9-5-4-8(2)10(14)6-9/h4-6H,3,7H2,1-2H3. The summed E-state index contributed by atoms with van der Waals surface area (Å²) < 4.78 is 2.08. The molecule has 2 rings (SSSR count). The molecule has 0 saturated heterocycles. The van der Waals surface area contributed by atoms with Gasteiger partial charge in [0, 0.05) is 17.1 Å². The highest BCUT2D eigenvalue weighted by atomic mass is 79.9. The fraction of sp³-hybridized carbons (Fsp3) is 0.333. The topological polar surface area (TPSA) is 30.7 Å². The number of nitrogens with zero attached hydrogens (tertiary/aromatic N) is 3. The normalized spacial score (nSPS) is 10.8. The van der Waals surface area contributed by atoms with Gasteiger partial charge in [-0.15, -0.1) is 10.2 Å². The quantitative estimate of drug-likeness (QED) is 0.806. The molecule has 17 heavy (non-hydrogen) atoms. The van der Waals surface area contributed by atoms with Crippen LogP contribution in [0.4, 0.5) is 0 Å². The van der Waals surface area contributed by atoms with Crippen LogP contribution < -0.4 is 0 Å². The number of aromatic nitrogens is 3. The van der Waals surface area contributed by atoms with Crippen molar-refractivity contribution in [2.75, 3.05) is 0 Å². The molecule has 0 bridgehead atoms. The van der Waals surface area contributed by atoms with Crippen molar-refractivity contribution in [3.63, 3.8) is 0 Å². The first-order valence-electron chi connectivity index (χ1n) is 5.42. The Labute approximate surface area is 114 Å². The van der Waals surface area contributed by atoms with Gasteiger partial charge in [0.05, 0.1) is 5.33 Å². The number of alkyl halides is 1. The van der Waals surface area contributed by atoms with E-state index in [1.54, 1.807) is 0 Å². The first-order chi connectivity index (χ1) is 8.17. The van der Waals surface area contributed by atoms with E-state index in [-0.39, 0.29) is 0 Å². The molecule has 0 radical (unpaired) electrons. The largest absolute Gasteiger partial charge is 0.311 e. The monoisotopic (exact) mass is 313 g/mol. The van der Waals surface area contributed by atoms with Crippen LogP contribution in [-0.4, -0.2) is 14.8 Å². The van der Waals surface area contributed by atoms with Crippen LogP contribution in [0.25, 0.3) is 11.4 Å². The molecule has 0 aliphatic carbocycles. The molecule has 0 fully saturated rings. The Hall–Kier alpha value is -0.870. The van der Waals surface area contributed by atoms with E-state index in [9.17, 15) is 0 Å². The molecule has 1 heterocycles. The molecule has 1 aromatic carbocycles. The Morgan fingerprint density at radius 2 is 2.12 bits per heavy atom. The molecular formula is C12H13BrClN3. The number of benzene rings is 1. The van der Waals surface area contributed by atoms with Crippen molar-refractivity contribution < 1.29 is 0 Å². The van der Waals surface area contributed by atoms with Crippen LogP contribution in [0.3, 0.4) is 0 Å². The molecule has 0 aliphatic rings. The molecule has 5 heteroatoms. The van der Waals surface area contributed by atoms with Crippen LogP contribution in [0.2, 0.25) is 5.02 Å². The van der Waals surface area contributed by atoms with E-state index in [1.807, 2.05) is 25.1 Å². The SMILES string of the molecule is CCn1c(CBr)nnc1-c1ccc(C)c(Cl)c1. The number of hydrogen-bond acceptors (Lipinski definition) is 2. The highest BCUT2D eigenvalue weighted by Gasteiger charge is 2.12. The van der Waals surface area contributed by atoms with Gasteiger partial charge >= 0.3 is 0 Å². The van der Waals surface area contributed by atoms with E-state index >= 15 is 0 Å². The third kappa shape index (κ3) is 2.38. The minimum Gasteiger partial charge on any atom is -0.311 e. The van der Waals surface area contributed by atoms with Gasteiger partial charge in [0.2, 0.25) is 0 Å². The molecule has 0 unspecified atom stereocenters.